The molecule has 0 saturated carbocycles. The highest BCUT2D eigenvalue weighted by atomic mass is 127. The average molecular weight is 410 g/mol. The number of nitriles is 1. The summed E-state index contributed by atoms with van der Waals surface area (Å²) in [4.78, 5) is 10.8. The average Bonchev–Trinajstić information content (AvgIpc) is 2.63. The smallest absolute Gasteiger partial charge is 0.409 e. The minimum Gasteiger partial charge on any atom is -0.465 e. The summed E-state index contributed by atoms with van der Waals surface area (Å²) >= 11 is 14.2. The number of carboxylic acid groups (broad SMARTS) is 1. The Bertz CT molecular complexity index is 721. The van der Waals surface area contributed by atoms with Gasteiger partial charge in [-0.15, -0.1) is 0 Å². The van der Waals surface area contributed by atoms with E-state index in [0.717, 1.165) is 3.57 Å². The summed E-state index contributed by atoms with van der Waals surface area (Å²) in [5, 5.41) is 21.1. The molecule has 0 spiro atoms. The van der Waals surface area contributed by atoms with Crippen LogP contribution in [0.25, 0.3) is 10.9 Å². The number of nitrogens with zero attached hydrogens (tertiary/aromatic N) is 2. The maximum atomic E-state index is 10.8. The molecule has 0 unspecified atom stereocenters. The van der Waals surface area contributed by atoms with Crippen LogP contribution in [-0.4, -0.2) is 15.8 Å². The number of carbonyl (C=O) groups is 1. The van der Waals surface area contributed by atoms with Gasteiger partial charge in [-0.05, 0) is 28.7 Å². The summed E-state index contributed by atoms with van der Waals surface area (Å²) in [6.45, 7) is 0.103. The second-order valence-electron chi connectivity index (χ2n) is 3.64. The third-order valence-corrected chi connectivity index (χ3v) is 4.07. The molecule has 0 fully saturated rings. The largest absolute Gasteiger partial charge is 0.465 e. The van der Waals surface area contributed by atoms with Crippen molar-refractivity contribution in [3.8, 4) is 6.07 Å². The lowest BCUT2D eigenvalue weighted by Gasteiger charge is -2.08. The SMILES string of the molecule is N#CCn1cc(I)c2c(NC(=O)O)cc(Cl)c(Cl)c21. The number of amides is 1. The van der Waals surface area contributed by atoms with Crippen LogP contribution < -0.4 is 5.32 Å². The third-order valence-electron chi connectivity index (χ3n) is 2.47. The fraction of sp³-hybridized carbons (Fsp3) is 0.0909. The van der Waals surface area contributed by atoms with E-state index in [0.29, 0.717) is 21.6 Å². The van der Waals surface area contributed by atoms with Gasteiger partial charge in [-0.2, -0.15) is 5.26 Å². The normalized spacial score (nSPS) is 10.4. The second-order valence-corrected chi connectivity index (χ2v) is 5.58. The minimum atomic E-state index is -1.19. The van der Waals surface area contributed by atoms with Crippen LogP contribution in [0.3, 0.4) is 0 Å². The molecule has 1 heterocycles. The van der Waals surface area contributed by atoms with Crippen molar-refractivity contribution in [3.05, 3.63) is 25.9 Å². The standard InChI is InChI=1S/C11H6Cl2IN3O2/c12-5-3-7(16-11(18)19)8-6(14)4-17(2-1-15)10(8)9(5)13/h3-4,16H,2H2,(H,18,19). The van der Waals surface area contributed by atoms with Crippen LogP contribution in [0.4, 0.5) is 10.5 Å². The molecule has 1 amide bonds. The highest BCUT2D eigenvalue weighted by Crippen LogP contribution is 2.39. The first-order valence-electron chi connectivity index (χ1n) is 4.99. The zero-order chi connectivity index (χ0) is 14.2. The van der Waals surface area contributed by atoms with E-state index in [1.165, 1.54) is 6.07 Å². The molecular formula is C11H6Cl2IN3O2. The predicted molar refractivity (Wildman–Crippen MR) is 81.9 cm³/mol. The Kier molecular flexibility index (Phi) is 4.08. The van der Waals surface area contributed by atoms with Gasteiger partial charge in [0.25, 0.3) is 0 Å². The molecule has 98 valence electrons. The molecule has 1 aromatic carbocycles. The van der Waals surface area contributed by atoms with E-state index in [1.54, 1.807) is 10.8 Å². The highest BCUT2D eigenvalue weighted by Gasteiger charge is 2.18. The molecule has 0 saturated heterocycles. The molecule has 0 bridgehead atoms. The van der Waals surface area contributed by atoms with Crippen molar-refractivity contribution in [2.75, 3.05) is 5.32 Å². The van der Waals surface area contributed by atoms with Crippen LogP contribution in [0.1, 0.15) is 0 Å². The third kappa shape index (κ3) is 2.59. The summed E-state index contributed by atoms with van der Waals surface area (Å²) < 4.78 is 2.42. The first kappa shape index (κ1) is 14.2. The Morgan fingerprint density at radius 2 is 2.26 bits per heavy atom. The molecule has 2 N–H and O–H groups in total. The summed E-state index contributed by atoms with van der Waals surface area (Å²) in [5.41, 5.74) is 0.891. The van der Waals surface area contributed by atoms with Gasteiger partial charge in [0.05, 0.1) is 27.3 Å². The molecule has 0 aliphatic rings. The quantitative estimate of drug-likeness (QED) is 0.730. The van der Waals surface area contributed by atoms with Gasteiger partial charge in [0, 0.05) is 15.2 Å². The number of hydrogen-bond donors (Lipinski definition) is 2. The maximum Gasteiger partial charge on any atom is 0.409 e. The Hall–Kier alpha value is -1.17. The van der Waals surface area contributed by atoms with E-state index in [4.69, 9.17) is 33.6 Å². The van der Waals surface area contributed by atoms with E-state index in [-0.39, 0.29) is 11.6 Å². The summed E-state index contributed by atoms with van der Waals surface area (Å²) in [7, 11) is 0. The molecule has 5 nitrogen and oxygen atoms in total. The van der Waals surface area contributed by atoms with Crippen molar-refractivity contribution < 1.29 is 9.90 Å². The molecule has 1 aromatic heterocycles. The number of anilines is 1. The van der Waals surface area contributed by atoms with Gasteiger partial charge in [0.2, 0.25) is 0 Å². The molecule has 2 rings (SSSR count). The zero-order valence-electron chi connectivity index (χ0n) is 9.25. The zero-order valence-corrected chi connectivity index (χ0v) is 12.9. The first-order valence-corrected chi connectivity index (χ1v) is 6.82. The van der Waals surface area contributed by atoms with Gasteiger partial charge in [-0.25, -0.2) is 4.79 Å². The molecule has 19 heavy (non-hydrogen) atoms. The predicted octanol–water partition coefficient (Wildman–Crippen LogP) is 4.17. The van der Waals surface area contributed by atoms with Crippen molar-refractivity contribution in [1.82, 2.24) is 4.57 Å². The van der Waals surface area contributed by atoms with Crippen molar-refractivity contribution in [2.45, 2.75) is 6.54 Å². The fourth-order valence-electron chi connectivity index (χ4n) is 1.80. The van der Waals surface area contributed by atoms with Gasteiger partial charge < -0.3 is 9.67 Å². The van der Waals surface area contributed by atoms with Crippen molar-refractivity contribution in [1.29, 1.82) is 5.26 Å². The van der Waals surface area contributed by atoms with Crippen LogP contribution in [-0.2, 0) is 6.54 Å². The molecule has 0 atom stereocenters. The van der Waals surface area contributed by atoms with E-state index in [9.17, 15) is 4.79 Å². The molecule has 2 aromatic rings. The highest BCUT2D eigenvalue weighted by molar-refractivity contribution is 14.1. The molecular weight excluding hydrogens is 404 g/mol. The van der Waals surface area contributed by atoms with E-state index in [1.807, 2.05) is 6.07 Å². The monoisotopic (exact) mass is 409 g/mol. The van der Waals surface area contributed by atoms with E-state index >= 15 is 0 Å². The van der Waals surface area contributed by atoms with Crippen LogP contribution in [0.5, 0.6) is 0 Å². The number of aromatic nitrogens is 1. The Balaban J connectivity index is 2.82. The lowest BCUT2D eigenvalue weighted by Crippen LogP contribution is -2.08. The second kappa shape index (κ2) is 5.45. The molecule has 0 aliphatic carbocycles. The first-order chi connectivity index (χ1) is 8.95. The number of benzene rings is 1. The summed E-state index contributed by atoms with van der Waals surface area (Å²) in [6.07, 6.45) is 0.535. The van der Waals surface area contributed by atoms with Gasteiger partial charge in [-0.1, -0.05) is 23.2 Å². The molecule has 8 heteroatoms. The number of halogens is 3. The fourth-order valence-corrected chi connectivity index (χ4v) is 3.14. The molecule has 0 radical (unpaired) electrons. The Morgan fingerprint density at radius 1 is 1.58 bits per heavy atom. The van der Waals surface area contributed by atoms with E-state index < -0.39 is 6.09 Å². The Labute approximate surface area is 131 Å². The van der Waals surface area contributed by atoms with Crippen molar-refractivity contribution >= 4 is 68.5 Å². The lowest BCUT2D eigenvalue weighted by molar-refractivity contribution is 0.210. The van der Waals surface area contributed by atoms with E-state index in [2.05, 4.69) is 27.9 Å². The maximum absolute atomic E-state index is 10.8. The number of fused-ring (bicyclic) bond motifs is 1. The van der Waals surface area contributed by atoms with Crippen LogP contribution in [0, 0.1) is 14.9 Å². The summed E-state index contributed by atoms with van der Waals surface area (Å²) in [5.74, 6) is 0. The molecule has 0 aliphatic heterocycles. The number of hydrogen-bond acceptors (Lipinski definition) is 2. The van der Waals surface area contributed by atoms with Gasteiger partial charge in [-0.3, -0.25) is 5.32 Å². The van der Waals surface area contributed by atoms with Gasteiger partial charge in [0.1, 0.15) is 6.54 Å². The van der Waals surface area contributed by atoms with Crippen LogP contribution >= 0.6 is 45.8 Å². The van der Waals surface area contributed by atoms with Crippen molar-refractivity contribution in [3.63, 3.8) is 0 Å². The van der Waals surface area contributed by atoms with Crippen LogP contribution in [0.2, 0.25) is 10.0 Å². The van der Waals surface area contributed by atoms with Crippen molar-refractivity contribution in [2.24, 2.45) is 0 Å². The topological polar surface area (TPSA) is 78.0 Å². The minimum absolute atomic E-state index is 0.103. The summed E-state index contributed by atoms with van der Waals surface area (Å²) in [6, 6.07) is 3.48. The van der Waals surface area contributed by atoms with Gasteiger partial charge >= 0.3 is 6.09 Å². The number of rotatable bonds is 2. The number of nitrogens with one attached hydrogen (secondary N) is 1. The Morgan fingerprint density at radius 3 is 2.84 bits per heavy atom. The van der Waals surface area contributed by atoms with Gasteiger partial charge in [0.15, 0.2) is 0 Å². The van der Waals surface area contributed by atoms with Crippen LogP contribution in [0.15, 0.2) is 12.3 Å². The lowest BCUT2D eigenvalue weighted by atomic mass is 10.2.